The largest absolute Gasteiger partial charge is 0.333 e. The Labute approximate surface area is 133 Å². The Kier molecular flexibility index (Phi) is 4.54. The number of aromatic nitrogens is 3. The van der Waals surface area contributed by atoms with Crippen molar-refractivity contribution in [1.82, 2.24) is 19.9 Å². The quantitative estimate of drug-likeness (QED) is 0.928. The zero-order valence-corrected chi connectivity index (χ0v) is 13.5. The maximum absolute atomic E-state index is 12.7. The highest BCUT2D eigenvalue weighted by molar-refractivity contribution is 7.09. The van der Waals surface area contributed by atoms with Crippen molar-refractivity contribution in [3.63, 3.8) is 0 Å². The van der Waals surface area contributed by atoms with Crippen LogP contribution in [0, 0.1) is 5.92 Å². The molecule has 0 aliphatic carbocycles. The van der Waals surface area contributed by atoms with Gasteiger partial charge in [0.1, 0.15) is 0 Å². The minimum atomic E-state index is -0.0561. The van der Waals surface area contributed by atoms with E-state index in [-0.39, 0.29) is 11.9 Å². The van der Waals surface area contributed by atoms with Gasteiger partial charge in [-0.2, -0.15) is 0 Å². The number of rotatable bonds is 4. The molecule has 0 bridgehead atoms. The number of hydrogen-bond donors (Lipinski definition) is 1. The lowest BCUT2D eigenvalue weighted by Crippen LogP contribution is -2.51. The van der Waals surface area contributed by atoms with E-state index in [0.29, 0.717) is 24.7 Å². The summed E-state index contributed by atoms with van der Waals surface area (Å²) in [7, 11) is 0. The number of nitrogens with two attached hydrogens (primary N) is 1. The molecule has 0 aromatic carbocycles. The molecule has 118 valence electrons. The number of hydrogen-bond acceptors (Lipinski definition) is 5. The minimum absolute atomic E-state index is 0.0561. The lowest BCUT2D eigenvalue weighted by atomic mass is 9.90. The molecule has 1 amide bonds. The first-order valence-electron chi connectivity index (χ1n) is 7.62. The summed E-state index contributed by atoms with van der Waals surface area (Å²) in [5, 5.41) is 10.1. The van der Waals surface area contributed by atoms with Crippen LogP contribution in [-0.4, -0.2) is 44.9 Å². The van der Waals surface area contributed by atoms with Crippen LogP contribution >= 0.6 is 11.3 Å². The van der Waals surface area contributed by atoms with E-state index in [4.69, 9.17) is 5.73 Å². The number of nitrogens with zero attached hydrogens (tertiary/aromatic N) is 4. The summed E-state index contributed by atoms with van der Waals surface area (Å²) < 4.78 is 1.71. The molecule has 0 unspecified atom stereocenters. The fourth-order valence-corrected chi connectivity index (χ4v) is 3.74. The fraction of sp³-hybridized carbons (Fsp3) is 0.533. The predicted molar refractivity (Wildman–Crippen MR) is 85.7 cm³/mol. The normalized spacial score (nSPS) is 22.0. The molecular weight excluding hydrogens is 298 g/mol. The molecule has 3 heterocycles. The van der Waals surface area contributed by atoms with Crippen molar-refractivity contribution in [3.05, 3.63) is 34.3 Å². The van der Waals surface area contributed by atoms with Crippen LogP contribution in [0.4, 0.5) is 0 Å². The molecule has 2 aromatic heterocycles. The second-order valence-corrected chi connectivity index (χ2v) is 6.83. The average Bonchev–Trinajstić information content (AvgIpc) is 3.18. The van der Waals surface area contributed by atoms with E-state index in [1.54, 1.807) is 22.2 Å². The Bertz CT molecular complexity index is 624. The van der Waals surface area contributed by atoms with Crippen LogP contribution in [0.1, 0.15) is 35.1 Å². The van der Waals surface area contributed by atoms with Crippen LogP contribution in [0.25, 0.3) is 0 Å². The SMILES string of the molecule is C[C@H]1CCCN(C(=O)c2cn(Cc3cccs3)nn2)[C@@H]1CN. The Balaban J connectivity index is 1.73. The molecule has 2 atom stereocenters. The Morgan fingerprint density at radius 2 is 2.41 bits per heavy atom. The Morgan fingerprint density at radius 1 is 1.55 bits per heavy atom. The smallest absolute Gasteiger partial charge is 0.276 e. The van der Waals surface area contributed by atoms with Crippen molar-refractivity contribution in [2.24, 2.45) is 11.7 Å². The first-order chi connectivity index (χ1) is 10.7. The second-order valence-electron chi connectivity index (χ2n) is 5.80. The topological polar surface area (TPSA) is 77.0 Å². The molecular formula is C15H21N5OS. The number of likely N-dealkylation sites (tertiary alicyclic amines) is 1. The zero-order chi connectivity index (χ0) is 15.5. The minimum Gasteiger partial charge on any atom is -0.333 e. The van der Waals surface area contributed by atoms with Crippen LogP contribution < -0.4 is 5.73 Å². The van der Waals surface area contributed by atoms with E-state index in [0.717, 1.165) is 19.4 Å². The highest BCUT2D eigenvalue weighted by Gasteiger charge is 2.32. The summed E-state index contributed by atoms with van der Waals surface area (Å²) in [5.74, 6) is 0.378. The van der Waals surface area contributed by atoms with Gasteiger partial charge in [0.05, 0.1) is 12.7 Å². The van der Waals surface area contributed by atoms with Crippen LogP contribution in [0.2, 0.25) is 0 Å². The molecule has 0 spiro atoms. The van der Waals surface area contributed by atoms with Crippen molar-refractivity contribution in [2.45, 2.75) is 32.4 Å². The van der Waals surface area contributed by atoms with Crippen LogP contribution in [0.3, 0.4) is 0 Å². The summed E-state index contributed by atoms with van der Waals surface area (Å²) >= 11 is 1.67. The van der Waals surface area contributed by atoms with Gasteiger partial charge < -0.3 is 10.6 Å². The standard InChI is InChI=1S/C15H21N5OS/c1-11-4-2-6-20(14(11)8-16)15(21)13-10-19(18-17-13)9-12-5-3-7-22-12/h3,5,7,10-11,14H,2,4,6,8-9,16H2,1H3/t11-,14+/m0/s1. The van der Waals surface area contributed by atoms with Gasteiger partial charge in [-0.3, -0.25) is 4.79 Å². The zero-order valence-electron chi connectivity index (χ0n) is 12.7. The van der Waals surface area contributed by atoms with Crippen molar-refractivity contribution < 1.29 is 4.79 Å². The van der Waals surface area contributed by atoms with Crippen LogP contribution in [0.15, 0.2) is 23.7 Å². The van der Waals surface area contributed by atoms with E-state index in [9.17, 15) is 4.79 Å². The second kappa shape index (κ2) is 6.58. The lowest BCUT2D eigenvalue weighted by molar-refractivity contribution is 0.0526. The fourth-order valence-electron chi connectivity index (χ4n) is 3.04. The summed E-state index contributed by atoms with van der Waals surface area (Å²) in [4.78, 5) is 15.7. The third kappa shape index (κ3) is 3.05. The van der Waals surface area contributed by atoms with E-state index in [1.165, 1.54) is 4.88 Å². The number of carbonyl (C=O) groups is 1. The van der Waals surface area contributed by atoms with Crippen LogP contribution in [-0.2, 0) is 6.54 Å². The van der Waals surface area contributed by atoms with Gasteiger partial charge in [0.2, 0.25) is 0 Å². The third-order valence-corrected chi connectivity index (χ3v) is 5.13. The number of amides is 1. The van der Waals surface area contributed by atoms with Gasteiger partial charge in [-0.05, 0) is 30.2 Å². The first-order valence-corrected chi connectivity index (χ1v) is 8.50. The third-order valence-electron chi connectivity index (χ3n) is 4.27. The Morgan fingerprint density at radius 3 is 3.14 bits per heavy atom. The van der Waals surface area contributed by atoms with E-state index < -0.39 is 0 Å². The van der Waals surface area contributed by atoms with Gasteiger partial charge in [0.15, 0.2) is 5.69 Å². The van der Waals surface area contributed by atoms with E-state index in [1.807, 2.05) is 22.4 Å². The number of piperidine rings is 1. The molecule has 22 heavy (non-hydrogen) atoms. The lowest BCUT2D eigenvalue weighted by Gasteiger charge is -2.39. The maximum atomic E-state index is 12.7. The van der Waals surface area contributed by atoms with E-state index in [2.05, 4.69) is 17.2 Å². The first kappa shape index (κ1) is 15.2. The van der Waals surface area contributed by atoms with Gasteiger partial charge >= 0.3 is 0 Å². The molecule has 2 N–H and O–H groups in total. The average molecular weight is 319 g/mol. The highest BCUT2D eigenvalue weighted by atomic mass is 32.1. The van der Waals surface area contributed by atoms with E-state index >= 15 is 0 Å². The van der Waals surface area contributed by atoms with Gasteiger partial charge in [0, 0.05) is 24.0 Å². The van der Waals surface area contributed by atoms with Gasteiger partial charge in [-0.25, -0.2) is 4.68 Å². The predicted octanol–water partition coefficient (Wildman–Crippen LogP) is 1.59. The molecule has 7 heteroatoms. The summed E-state index contributed by atoms with van der Waals surface area (Å²) in [6, 6.07) is 4.15. The summed E-state index contributed by atoms with van der Waals surface area (Å²) in [6.07, 6.45) is 3.87. The number of thiophene rings is 1. The summed E-state index contributed by atoms with van der Waals surface area (Å²) in [5.41, 5.74) is 6.27. The monoisotopic (exact) mass is 319 g/mol. The molecule has 1 saturated heterocycles. The molecule has 1 aliphatic heterocycles. The van der Waals surface area contributed by atoms with Gasteiger partial charge in [-0.1, -0.05) is 18.2 Å². The molecule has 6 nitrogen and oxygen atoms in total. The molecule has 1 aliphatic rings. The van der Waals surface area contributed by atoms with Crippen LogP contribution in [0.5, 0.6) is 0 Å². The highest BCUT2D eigenvalue weighted by Crippen LogP contribution is 2.24. The van der Waals surface area contributed by atoms with Gasteiger partial charge in [-0.15, -0.1) is 16.4 Å². The number of carbonyl (C=O) groups excluding carboxylic acids is 1. The van der Waals surface area contributed by atoms with Crippen molar-refractivity contribution in [3.8, 4) is 0 Å². The summed E-state index contributed by atoms with van der Waals surface area (Å²) in [6.45, 7) is 4.05. The Hall–Kier alpha value is -1.73. The maximum Gasteiger partial charge on any atom is 0.276 e. The van der Waals surface area contributed by atoms with Gasteiger partial charge in [0.25, 0.3) is 5.91 Å². The van der Waals surface area contributed by atoms with Crippen molar-refractivity contribution in [2.75, 3.05) is 13.1 Å². The van der Waals surface area contributed by atoms with Crippen molar-refractivity contribution >= 4 is 17.2 Å². The molecule has 0 radical (unpaired) electrons. The van der Waals surface area contributed by atoms with Crippen molar-refractivity contribution in [1.29, 1.82) is 0 Å². The molecule has 1 fully saturated rings. The molecule has 2 aromatic rings. The molecule has 0 saturated carbocycles. The molecule has 3 rings (SSSR count).